The zero-order valence-corrected chi connectivity index (χ0v) is 16.5. The molecule has 154 valence electrons. The predicted molar refractivity (Wildman–Crippen MR) is 112 cm³/mol. The second-order valence-electron chi connectivity index (χ2n) is 6.70. The van der Waals surface area contributed by atoms with Gasteiger partial charge >= 0.3 is 5.97 Å². The van der Waals surface area contributed by atoms with Crippen molar-refractivity contribution in [2.45, 2.75) is 6.04 Å². The van der Waals surface area contributed by atoms with Gasteiger partial charge in [0.25, 0.3) is 5.91 Å². The molecule has 0 saturated heterocycles. The summed E-state index contributed by atoms with van der Waals surface area (Å²) in [5, 5.41) is 13.9. The van der Waals surface area contributed by atoms with Gasteiger partial charge in [-0.2, -0.15) is 0 Å². The Morgan fingerprint density at radius 1 is 0.871 bits per heavy atom. The minimum absolute atomic E-state index is 0.326. The van der Waals surface area contributed by atoms with Crippen molar-refractivity contribution < 1.29 is 14.3 Å². The number of carbonyl (C=O) groups is 2. The average molecular weight is 413 g/mol. The molecule has 0 fully saturated rings. The maximum atomic E-state index is 12.5. The van der Waals surface area contributed by atoms with Gasteiger partial charge in [-0.3, -0.25) is 4.79 Å². The lowest BCUT2D eigenvalue weighted by molar-refractivity contribution is -0.124. The first-order valence-electron chi connectivity index (χ1n) is 9.60. The van der Waals surface area contributed by atoms with Gasteiger partial charge in [0.15, 0.2) is 6.61 Å². The van der Waals surface area contributed by atoms with Crippen LogP contribution in [0.5, 0.6) is 0 Å². The number of nitrogens with zero attached hydrogens (tertiary/aromatic N) is 4. The Kier molecular flexibility index (Phi) is 6.08. The van der Waals surface area contributed by atoms with Crippen molar-refractivity contribution in [3.05, 3.63) is 108 Å². The second kappa shape index (κ2) is 9.45. The fraction of sp³-hybridized carbons (Fsp3) is 0.0870. The molecule has 0 bridgehead atoms. The van der Waals surface area contributed by atoms with Gasteiger partial charge in [0, 0.05) is 0 Å². The van der Waals surface area contributed by atoms with Crippen LogP contribution in [-0.2, 0) is 9.53 Å². The van der Waals surface area contributed by atoms with Crippen LogP contribution in [0.1, 0.15) is 27.5 Å². The first-order valence-corrected chi connectivity index (χ1v) is 9.60. The van der Waals surface area contributed by atoms with E-state index in [1.165, 1.54) is 11.0 Å². The highest BCUT2D eigenvalue weighted by atomic mass is 16.5. The zero-order chi connectivity index (χ0) is 21.5. The first kappa shape index (κ1) is 20.0. The lowest BCUT2D eigenvalue weighted by atomic mass is 9.99. The number of nitrogens with one attached hydrogen (secondary N) is 1. The number of amides is 1. The first-order chi connectivity index (χ1) is 15.2. The Labute approximate surface area is 178 Å². The molecule has 0 unspecified atom stereocenters. The molecule has 1 N–H and O–H groups in total. The van der Waals surface area contributed by atoms with Crippen LogP contribution < -0.4 is 5.32 Å². The molecule has 0 aliphatic carbocycles. The van der Waals surface area contributed by atoms with Gasteiger partial charge in [-0.05, 0) is 45.8 Å². The van der Waals surface area contributed by atoms with Crippen molar-refractivity contribution in [3.8, 4) is 5.69 Å². The maximum Gasteiger partial charge on any atom is 0.338 e. The van der Waals surface area contributed by atoms with Gasteiger partial charge < -0.3 is 10.1 Å². The number of ether oxygens (including phenoxy) is 1. The molecular weight excluding hydrogens is 394 g/mol. The Morgan fingerprint density at radius 2 is 1.48 bits per heavy atom. The largest absolute Gasteiger partial charge is 0.452 e. The number of tetrazole rings is 1. The Balaban J connectivity index is 1.38. The van der Waals surface area contributed by atoms with Crippen molar-refractivity contribution in [3.63, 3.8) is 0 Å². The molecule has 1 amide bonds. The average Bonchev–Trinajstić information content (AvgIpc) is 3.37. The van der Waals surface area contributed by atoms with Crippen LogP contribution in [0, 0.1) is 0 Å². The van der Waals surface area contributed by atoms with Crippen molar-refractivity contribution in [2.24, 2.45) is 0 Å². The molecule has 0 radical (unpaired) electrons. The molecule has 4 rings (SSSR count). The quantitative estimate of drug-likeness (QED) is 0.468. The summed E-state index contributed by atoms with van der Waals surface area (Å²) >= 11 is 0. The van der Waals surface area contributed by atoms with Gasteiger partial charge in [0.05, 0.1) is 17.3 Å². The summed E-state index contributed by atoms with van der Waals surface area (Å²) in [7, 11) is 0. The number of benzene rings is 3. The van der Waals surface area contributed by atoms with E-state index in [2.05, 4.69) is 20.8 Å². The number of aromatic nitrogens is 4. The Bertz CT molecular complexity index is 1090. The predicted octanol–water partition coefficient (Wildman–Crippen LogP) is 2.72. The third-order valence-electron chi connectivity index (χ3n) is 4.62. The number of rotatable bonds is 7. The number of hydrogen-bond acceptors (Lipinski definition) is 6. The van der Waals surface area contributed by atoms with Gasteiger partial charge in [-0.25, -0.2) is 9.48 Å². The standard InChI is InChI=1S/C23H19N5O3/c29-21(25-22(17-7-3-1-4-8-17)18-9-5-2-6-10-18)15-31-23(30)19-11-13-20(14-12-19)28-16-24-26-27-28/h1-14,16,22H,15H2,(H,25,29). The van der Waals surface area contributed by atoms with E-state index >= 15 is 0 Å². The van der Waals surface area contributed by atoms with E-state index in [-0.39, 0.29) is 12.6 Å². The molecule has 8 nitrogen and oxygen atoms in total. The molecule has 8 heteroatoms. The summed E-state index contributed by atoms with van der Waals surface area (Å²) in [5.41, 5.74) is 2.90. The van der Waals surface area contributed by atoms with E-state index in [0.717, 1.165) is 11.1 Å². The van der Waals surface area contributed by atoms with Crippen molar-refractivity contribution >= 4 is 11.9 Å². The van der Waals surface area contributed by atoms with Crippen molar-refractivity contribution in [2.75, 3.05) is 6.61 Å². The maximum absolute atomic E-state index is 12.5. The van der Waals surface area contributed by atoms with Gasteiger partial charge in [0.2, 0.25) is 0 Å². The molecule has 0 saturated carbocycles. The van der Waals surface area contributed by atoms with Crippen LogP contribution >= 0.6 is 0 Å². The number of esters is 1. The molecule has 4 aromatic rings. The summed E-state index contributed by atoms with van der Waals surface area (Å²) < 4.78 is 6.66. The van der Waals surface area contributed by atoms with Crippen molar-refractivity contribution in [1.29, 1.82) is 0 Å². The lowest BCUT2D eigenvalue weighted by Crippen LogP contribution is -2.33. The normalized spacial score (nSPS) is 10.6. The molecule has 1 aromatic heterocycles. The van der Waals surface area contributed by atoms with E-state index in [9.17, 15) is 9.59 Å². The van der Waals surface area contributed by atoms with Gasteiger partial charge in [0.1, 0.15) is 6.33 Å². The minimum Gasteiger partial charge on any atom is -0.452 e. The van der Waals surface area contributed by atoms with E-state index in [1.807, 2.05) is 60.7 Å². The monoisotopic (exact) mass is 413 g/mol. The molecular formula is C23H19N5O3. The van der Waals surface area contributed by atoms with Gasteiger partial charge in [-0.1, -0.05) is 60.7 Å². The summed E-state index contributed by atoms with van der Waals surface area (Å²) in [6, 6.07) is 25.5. The summed E-state index contributed by atoms with van der Waals surface area (Å²) in [6.07, 6.45) is 1.45. The third-order valence-corrected chi connectivity index (χ3v) is 4.62. The van der Waals surface area contributed by atoms with Crippen LogP contribution in [0.25, 0.3) is 5.69 Å². The van der Waals surface area contributed by atoms with Crippen LogP contribution in [0.2, 0.25) is 0 Å². The van der Waals surface area contributed by atoms with E-state index in [4.69, 9.17) is 4.74 Å². The molecule has 1 heterocycles. The third kappa shape index (κ3) is 4.99. The topological polar surface area (TPSA) is 99.0 Å². The summed E-state index contributed by atoms with van der Waals surface area (Å²) in [4.78, 5) is 24.9. The lowest BCUT2D eigenvalue weighted by Gasteiger charge is -2.20. The molecule has 0 aliphatic heterocycles. The van der Waals surface area contributed by atoms with Crippen LogP contribution in [-0.4, -0.2) is 38.7 Å². The summed E-state index contributed by atoms with van der Waals surface area (Å²) in [6.45, 7) is -0.385. The molecule has 3 aromatic carbocycles. The SMILES string of the molecule is O=C(COC(=O)c1ccc(-n2cnnn2)cc1)NC(c1ccccc1)c1ccccc1. The molecule has 0 aliphatic rings. The molecule has 0 spiro atoms. The van der Waals surface area contributed by atoms with Gasteiger partial charge in [-0.15, -0.1) is 5.10 Å². The number of hydrogen-bond donors (Lipinski definition) is 1. The highest BCUT2D eigenvalue weighted by molar-refractivity contribution is 5.91. The zero-order valence-electron chi connectivity index (χ0n) is 16.5. The minimum atomic E-state index is -0.589. The fourth-order valence-corrected chi connectivity index (χ4v) is 3.10. The second-order valence-corrected chi connectivity index (χ2v) is 6.70. The number of carbonyl (C=O) groups excluding carboxylic acids is 2. The highest BCUT2D eigenvalue weighted by Gasteiger charge is 2.18. The van der Waals surface area contributed by atoms with Crippen molar-refractivity contribution in [1.82, 2.24) is 25.5 Å². The van der Waals surface area contributed by atoms with E-state index < -0.39 is 11.9 Å². The Morgan fingerprint density at radius 3 is 2.03 bits per heavy atom. The molecule has 31 heavy (non-hydrogen) atoms. The highest BCUT2D eigenvalue weighted by Crippen LogP contribution is 2.21. The fourth-order valence-electron chi connectivity index (χ4n) is 3.10. The smallest absolute Gasteiger partial charge is 0.338 e. The van der Waals surface area contributed by atoms with E-state index in [0.29, 0.717) is 11.3 Å². The van der Waals surface area contributed by atoms with Crippen LogP contribution in [0.15, 0.2) is 91.3 Å². The molecule has 0 atom stereocenters. The van der Waals surface area contributed by atoms with Crippen LogP contribution in [0.4, 0.5) is 0 Å². The summed E-state index contributed by atoms with van der Waals surface area (Å²) in [5.74, 6) is -0.981. The van der Waals surface area contributed by atoms with Crippen LogP contribution in [0.3, 0.4) is 0 Å². The Hall–Kier alpha value is -4.33. The van der Waals surface area contributed by atoms with E-state index in [1.54, 1.807) is 24.3 Å².